The number of rotatable bonds is 5. The molecule has 0 spiro atoms. The van der Waals surface area contributed by atoms with Crippen LogP contribution >= 0.6 is 12.4 Å². The van der Waals surface area contributed by atoms with E-state index in [-0.39, 0.29) is 18.4 Å². The highest BCUT2D eigenvalue weighted by molar-refractivity contribution is 5.85. The van der Waals surface area contributed by atoms with Crippen molar-refractivity contribution >= 4 is 12.4 Å². The number of aromatic nitrogens is 1. The number of nitrogens with zero attached hydrogens (tertiary/aromatic N) is 2. The number of halogens is 4. The molecule has 0 saturated carbocycles. The quantitative estimate of drug-likeness (QED) is 0.871. The molecule has 3 rings (SSSR count). The highest BCUT2D eigenvalue weighted by Gasteiger charge is 2.24. The number of benzene rings is 1. The van der Waals surface area contributed by atoms with Crippen LogP contribution in [0.15, 0.2) is 42.7 Å². The van der Waals surface area contributed by atoms with Crippen LogP contribution in [0.25, 0.3) is 0 Å². The molecule has 2 heterocycles. The SMILES string of the molecule is Cl.Fc1cc(CN2CCNCC2c2ccncc2)ccc1OC(F)F. The van der Waals surface area contributed by atoms with E-state index in [1.165, 1.54) is 12.1 Å². The Labute approximate surface area is 150 Å². The minimum absolute atomic E-state index is 0. The first-order valence-corrected chi connectivity index (χ1v) is 7.71. The van der Waals surface area contributed by atoms with Crippen molar-refractivity contribution in [2.24, 2.45) is 0 Å². The van der Waals surface area contributed by atoms with Gasteiger partial charge in [0.25, 0.3) is 0 Å². The fraction of sp³-hybridized carbons (Fsp3) is 0.353. The zero-order valence-electron chi connectivity index (χ0n) is 13.4. The second-order valence-corrected chi connectivity index (χ2v) is 5.61. The van der Waals surface area contributed by atoms with E-state index in [0.29, 0.717) is 6.54 Å². The van der Waals surface area contributed by atoms with Gasteiger partial charge in [0.05, 0.1) is 0 Å². The van der Waals surface area contributed by atoms with E-state index in [9.17, 15) is 13.2 Å². The van der Waals surface area contributed by atoms with Crippen LogP contribution in [0.2, 0.25) is 0 Å². The monoisotopic (exact) mass is 373 g/mol. The van der Waals surface area contributed by atoms with Gasteiger partial charge in [-0.25, -0.2) is 4.39 Å². The van der Waals surface area contributed by atoms with Gasteiger partial charge in [-0.3, -0.25) is 9.88 Å². The average Bonchev–Trinajstić information content (AvgIpc) is 2.58. The summed E-state index contributed by atoms with van der Waals surface area (Å²) >= 11 is 0. The van der Waals surface area contributed by atoms with Crippen molar-refractivity contribution in [2.75, 3.05) is 19.6 Å². The van der Waals surface area contributed by atoms with Gasteiger partial charge in [0.15, 0.2) is 11.6 Å². The molecular weight excluding hydrogens is 355 g/mol. The Morgan fingerprint density at radius 3 is 2.68 bits per heavy atom. The lowest BCUT2D eigenvalue weighted by molar-refractivity contribution is -0.0522. The summed E-state index contributed by atoms with van der Waals surface area (Å²) in [6.45, 7) is -0.0604. The maximum absolute atomic E-state index is 13.9. The molecule has 1 fully saturated rings. The standard InChI is InChI=1S/C17H18F3N3O.ClH/c18-14-9-12(1-2-16(14)24-17(19)20)11-23-8-7-22-10-15(23)13-3-5-21-6-4-13;/h1-6,9,15,17,22H,7-8,10-11H2;1H. The maximum atomic E-state index is 13.9. The van der Waals surface area contributed by atoms with Gasteiger partial charge in [0.1, 0.15) is 0 Å². The predicted molar refractivity (Wildman–Crippen MR) is 90.5 cm³/mol. The number of hydrogen-bond acceptors (Lipinski definition) is 4. The normalized spacial score (nSPS) is 18.0. The van der Waals surface area contributed by atoms with Crippen molar-refractivity contribution < 1.29 is 17.9 Å². The van der Waals surface area contributed by atoms with Gasteiger partial charge in [-0.05, 0) is 35.4 Å². The van der Waals surface area contributed by atoms with Crippen molar-refractivity contribution in [1.82, 2.24) is 15.2 Å². The first-order chi connectivity index (χ1) is 11.6. The van der Waals surface area contributed by atoms with Gasteiger partial charge >= 0.3 is 6.61 Å². The summed E-state index contributed by atoms with van der Waals surface area (Å²) in [7, 11) is 0. The van der Waals surface area contributed by atoms with Gasteiger partial charge in [-0.1, -0.05) is 6.07 Å². The first-order valence-electron chi connectivity index (χ1n) is 7.71. The Hall–Kier alpha value is -1.83. The molecule has 25 heavy (non-hydrogen) atoms. The first kappa shape index (κ1) is 19.5. The number of piperazine rings is 1. The minimum Gasteiger partial charge on any atom is -0.432 e. The lowest BCUT2D eigenvalue weighted by Crippen LogP contribution is -2.45. The van der Waals surface area contributed by atoms with Crippen LogP contribution in [0, 0.1) is 5.82 Å². The fourth-order valence-electron chi connectivity index (χ4n) is 2.92. The Balaban J connectivity index is 0.00000225. The fourth-order valence-corrected chi connectivity index (χ4v) is 2.92. The molecule has 1 aliphatic rings. The van der Waals surface area contributed by atoms with Gasteiger partial charge in [0, 0.05) is 44.6 Å². The number of alkyl halides is 2. The van der Waals surface area contributed by atoms with Crippen LogP contribution in [-0.2, 0) is 6.54 Å². The van der Waals surface area contributed by atoms with Gasteiger partial charge in [0.2, 0.25) is 0 Å². The number of nitrogens with one attached hydrogen (secondary N) is 1. The highest BCUT2D eigenvalue weighted by Crippen LogP contribution is 2.26. The summed E-state index contributed by atoms with van der Waals surface area (Å²) in [6.07, 6.45) is 3.50. The highest BCUT2D eigenvalue weighted by atomic mass is 35.5. The Morgan fingerprint density at radius 1 is 1.24 bits per heavy atom. The number of ether oxygens (including phenoxy) is 1. The molecule has 1 saturated heterocycles. The van der Waals surface area contributed by atoms with Crippen LogP contribution in [0.5, 0.6) is 5.75 Å². The number of hydrogen-bond donors (Lipinski definition) is 1. The third-order valence-corrected chi connectivity index (χ3v) is 4.04. The molecule has 0 amide bonds. The molecule has 1 unspecified atom stereocenters. The van der Waals surface area contributed by atoms with Crippen molar-refractivity contribution in [3.63, 3.8) is 0 Å². The molecule has 1 aromatic carbocycles. The van der Waals surface area contributed by atoms with E-state index in [4.69, 9.17) is 0 Å². The molecular formula is C17H19ClF3N3O. The molecule has 0 bridgehead atoms. The van der Waals surface area contributed by atoms with Gasteiger partial charge < -0.3 is 10.1 Å². The van der Waals surface area contributed by atoms with Crippen LogP contribution in [0.1, 0.15) is 17.2 Å². The van der Waals surface area contributed by atoms with Crippen LogP contribution < -0.4 is 10.1 Å². The summed E-state index contributed by atoms with van der Waals surface area (Å²) in [5.74, 6) is -1.21. The molecule has 136 valence electrons. The summed E-state index contributed by atoms with van der Waals surface area (Å²) in [5, 5.41) is 3.35. The lowest BCUT2D eigenvalue weighted by Gasteiger charge is -2.36. The topological polar surface area (TPSA) is 37.4 Å². The molecule has 8 heteroatoms. The Kier molecular flexibility index (Phi) is 7.04. The summed E-state index contributed by atoms with van der Waals surface area (Å²) < 4.78 is 42.4. The second kappa shape index (κ2) is 9.03. The third-order valence-electron chi connectivity index (χ3n) is 4.04. The molecule has 1 atom stereocenters. The third kappa shape index (κ3) is 5.07. The largest absolute Gasteiger partial charge is 0.432 e. The summed E-state index contributed by atoms with van der Waals surface area (Å²) in [4.78, 5) is 6.26. The van der Waals surface area contributed by atoms with E-state index in [1.54, 1.807) is 18.5 Å². The van der Waals surface area contributed by atoms with Crippen molar-refractivity contribution in [3.05, 3.63) is 59.7 Å². The average molecular weight is 374 g/mol. The zero-order chi connectivity index (χ0) is 16.9. The molecule has 1 aliphatic heterocycles. The van der Waals surface area contributed by atoms with Crippen molar-refractivity contribution in [1.29, 1.82) is 0 Å². The smallest absolute Gasteiger partial charge is 0.387 e. The van der Waals surface area contributed by atoms with E-state index in [2.05, 4.69) is 19.9 Å². The van der Waals surface area contributed by atoms with Crippen LogP contribution in [0.4, 0.5) is 13.2 Å². The molecule has 0 aliphatic carbocycles. The van der Waals surface area contributed by atoms with Gasteiger partial charge in [-0.2, -0.15) is 8.78 Å². The minimum atomic E-state index is -3.03. The lowest BCUT2D eigenvalue weighted by atomic mass is 10.0. The van der Waals surface area contributed by atoms with Crippen LogP contribution in [0.3, 0.4) is 0 Å². The van der Waals surface area contributed by atoms with Gasteiger partial charge in [-0.15, -0.1) is 12.4 Å². The number of pyridine rings is 1. The van der Waals surface area contributed by atoms with E-state index in [0.717, 1.165) is 30.8 Å². The molecule has 4 nitrogen and oxygen atoms in total. The molecule has 1 aromatic heterocycles. The van der Waals surface area contributed by atoms with Crippen molar-refractivity contribution in [2.45, 2.75) is 19.2 Å². The predicted octanol–water partition coefficient (Wildman–Crippen LogP) is 3.39. The molecule has 2 aromatic rings. The van der Waals surface area contributed by atoms with Crippen molar-refractivity contribution in [3.8, 4) is 5.75 Å². The molecule has 1 N–H and O–H groups in total. The maximum Gasteiger partial charge on any atom is 0.387 e. The van der Waals surface area contributed by atoms with E-state index >= 15 is 0 Å². The second-order valence-electron chi connectivity index (χ2n) is 5.61. The Morgan fingerprint density at radius 2 is 2.00 bits per heavy atom. The summed E-state index contributed by atoms with van der Waals surface area (Å²) in [5.41, 5.74) is 1.85. The van der Waals surface area contributed by atoms with E-state index < -0.39 is 18.2 Å². The zero-order valence-corrected chi connectivity index (χ0v) is 14.2. The molecule has 0 radical (unpaired) electrons. The van der Waals surface area contributed by atoms with Crippen LogP contribution in [-0.4, -0.2) is 36.1 Å². The Bertz CT molecular complexity index is 675. The summed E-state index contributed by atoms with van der Waals surface area (Å²) in [6, 6.07) is 8.20. The van der Waals surface area contributed by atoms with E-state index in [1.807, 2.05) is 12.1 Å².